The Labute approximate surface area is 138 Å². The molecule has 126 valence electrons. The van der Waals surface area contributed by atoms with E-state index in [1.54, 1.807) is 6.20 Å². The fourth-order valence-corrected chi connectivity index (χ4v) is 2.96. The van der Waals surface area contributed by atoms with E-state index in [0.717, 1.165) is 43.5 Å². The second-order valence-electron chi connectivity index (χ2n) is 6.66. The predicted octanol–water partition coefficient (Wildman–Crippen LogP) is 2.70. The van der Waals surface area contributed by atoms with Gasteiger partial charge in [-0.25, -0.2) is 13.5 Å². The third-order valence-electron chi connectivity index (χ3n) is 4.56. The lowest BCUT2D eigenvalue weighted by molar-refractivity contribution is -0.122. The Kier molecular flexibility index (Phi) is 3.78. The van der Waals surface area contributed by atoms with Gasteiger partial charge in [-0.05, 0) is 49.8 Å². The summed E-state index contributed by atoms with van der Waals surface area (Å²) in [6.07, 6.45) is 5.82. The molecule has 1 heterocycles. The summed E-state index contributed by atoms with van der Waals surface area (Å²) in [4.78, 5) is 12.3. The normalized spacial score (nSPS) is 18.4. The number of aromatic nitrogens is 3. The molecule has 2 aliphatic rings. The summed E-state index contributed by atoms with van der Waals surface area (Å²) in [7, 11) is 0. The van der Waals surface area contributed by atoms with E-state index in [1.165, 1.54) is 10.7 Å². The van der Waals surface area contributed by atoms with Crippen LogP contribution in [0.2, 0.25) is 0 Å². The first-order valence-electron chi connectivity index (χ1n) is 8.24. The zero-order chi connectivity index (χ0) is 16.7. The molecule has 0 radical (unpaired) electrons. The molecular formula is C17H18F2N4O. The molecule has 5 nitrogen and oxygen atoms in total. The monoisotopic (exact) mass is 332 g/mol. The molecule has 2 fully saturated rings. The molecule has 24 heavy (non-hydrogen) atoms. The highest BCUT2D eigenvalue weighted by Gasteiger charge is 2.35. The molecule has 4 rings (SSSR count). The van der Waals surface area contributed by atoms with Crippen LogP contribution in [0.15, 0.2) is 24.4 Å². The number of carbonyl (C=O) groups is 1. The Morgan fingerprint density at radius 2 is 2.08 bits per heavy atom. The molecule has 0 spiro atoms. The number of amides is 1. The van der Waals surface area contributed by atoms with Crippen LogP contribution in [-0.4, -0.2) is 20.9 Å². The topological polar surface area (TPSA) is 59.8 Å². The summed E-state index contributed by atoms with van der Waals surface area (Å²) in [5, 5.41) is 10.9. The molecule has 2 aliphatic carbocycles. The van der Waals surface area contributed by atoms with Gasteiger partial charge in [-0.3, -0.25) is 4.79 Å². The van der Waals surface area contributed by atoms with Crippen LogP contribution in [0.25, 0.3) is 0 Å². The van der Waals surface area contributed by atoms with E-state index >= 15 is 0 Å². The zero-order valence-electron chi connectivity index (χ0n) is 13.1. The lowest BCUT2D eigenvalue weighted by Gasteiger charge is -2.19. The summed E-state index contributed by atoms with van der Waals surface area (Å²) in [5.41, 5.74) is 1.13. The van der Waals surface area contributed by atoms with Crippen molar-refractivity contribution in [1.29, 1.82) is 0 Å². The Bertz CT molecular complexity index is 768. The molecule has 2 saturated carbocycles. The maximum Gasteiger partial charge on any atom is 0.242 e. The van der Waals surface area contributed by atoms with E-state index in [-0.39, 0.29) is 23.9 Å². The van der Waals surface area contributed by atoms with Crippen molar-refractivity contribution in [3.8, 4) is 0 Å². The van der Waals surface area contributed by atoms with Gasteiger partial charge < -0.3 is 5.32 Å². The number of hydrogen-bond acceptors (Lipinski definition) is 3. The van der Waals surface area contributed by atoms with Gasteiger partial charge in [-0.2, -0.15) is 0 Å². The molecule has 2 aromatic rings. The van der Waals surface area contributed by atoms with Crippen molar-refractivity contribution in [3.63, 3.8) is 0 Å². The van der Waals surface area contributed by atoms with Crippen molar-refractivity contribution >= 4 is 5.91 Å². The Hall–Kier alpha value is -2.31. The van der Waals surface area contributed by atoms with Gasteiger partial charge >= 0.3 is 0 Å². The van der Waals surface area contributed by atoms with E-state index in [1.807, 2.05) is 0 Å². The predicted molar refractivity (Wildman–Crippen MR) is 82.0 cm³/mol. The van der Waals surface area contributed by atoms with E-state index in [4.69, 9.17) is 0 Å². The zero-order valence-corrected chi connectivity index (χ0v) is 13.1. The van der Waals surface area contributed by atoms with E-state index < -0.39 is 17.7 Å². The second-order valence-corrected chi connectivity index (χ2v) is 6.66. The third-order valence-corrected chi connectivity index (χ3v) is 4.56. The third kappa shape index (κ3) is 3.29. The number of carbonyl (C=O) groups excluding carboxylic acids is 1. The minimum Gasteiger partial charge on any atom is -0.347 e. The number of hydrogen-bond donors (Lipinski definition) is 1. The molecule has 1 N–H and O–H groups in total. The maximum atomic E-state index is 14.0. The van der Waals surface area contributed by atoms with Gasteiger partial charge in [0.2, 0.25) is 5.91 Å². The Balaban J connectivity index is 1.46. The Morgan fingerprint density at radius 1 is 1.29 bits per heavy atom. The highest BCUT2D eigenvalue weighted by atomic mass is 19.1. The number of nitrogens with zero attached hydrogens (tertiary/aromatic N) is 3. The minimum absolute atomic E-state index is 0.0277. The van der Waals surface area contributed by atoms with Gasteiger partial charge in [0.1, 0.15) is 18.2 Å². The lowest BCUT2D eigenvalue weighted by Crippen LogP contribution is -2.33. The van der Waals surface area contributed by atoms with Crippen LogP contribution in [0.5, 0.6) is 0 Å². The number of rotatable bonds is 6. The van der Waals surface area contributed by atoms with Gasteiger partial charge in [0.15, 0.2) is 0 Å². The van der Waals surface area contributed by atoms with Crippen LogP contribution >= 0.6 is 0 Å². The number of nitrogens with one attached hydrogen (secondary N) is 1. The molecule has 0 saturated heterocycles. The molecule has 7 heteroatoms. The minimum atomic E-state index is -0.503. The summed E-state index contributed by atoms with van der Waals surface area (Å²) in [6.45, 7) is 0.0277. The van der Waals surface area contributed by atoms with Crippen molar-refractivity contribution < 1.29 is 13.6 Å². The van der Waals surface area contributed by atoms with Crippen LogP contribution in [0.4, 0.5) is 8.78 Å². The molecule has 0 unspecified atom stereocenters. The van der Waals surface area contributed by atoms with Crippen molar-refractivity contribution in [3.05, 3.63) is 47.3 Å². The highest BCUT2D eigenvalue weighted by Crippen LogP contribution is 2.42. The summed E-state index contributed by atoms with van der Waals surface area (Å²) >= 11 is 0. The molecule has 1 amide bonds. The van der Waals surface area contributed by atoms with E-state index in [9.17, 15) is 13.6 Å². The fraction of sp³-hybridized carbons (Fsp3) is 0.471. The van der Waals surface area contributed by atoms with Crippen LogP contribution in [0.1, 0.15) is 48.9 Å². The first-order valence-corrected chi connectivity index (χ1v) is 8.24. The fourth-order valence-electron chi connectivity index (χ4n) is 2.96. The van der Waals surface area contributed by atoms with Gasteiger partial charge in [0, 0.05) is 17.7 Å². The quantitative estimate of drug-likeness (QED) is 0.885. The molecule has 0 aliphatic heterocycles. The highest BCUT2D eigenvalue weighted by molar-refractivity contribution is 5.76. The summed E-state index contributed by atoms with van der Waals surface area (Å²) in [6, 6.07) is 2.85. The number of benzene rings is 1. The largest absolute Gasteiger partial charge is 0.347 e. The molecule has 1 atom stereocenters. The van der Waals surface area contributed by atoms with Crippen molar-refractivity contribution in [2.24, 2.45) is 5.92 Å². The van der Waals surface area contributed by atoms with E-state index in [0.29, 0.717) is 5.92 Å². The second kappa shape index (κ2) is 5.96. The smallest absolute Gasteiger partial charge is 0.242 e. The first-order chi connectivity index (χ1) is 11.6. The van der Waals surface area contributed by atoms with Crippen LogP contribution in [-0.2, 0) is 11.3 Å². The SMILES string of the molecule is O=C(Cn1cc(C2CC2)nn1)N[C@H](c1cc(F)ccc1F)C1CC1. The van der Waals surface area contributed by atoms with E-state index in [2.05, 4.69) is 15.6 Å². The van der Waals surface area contributed by atoms with Crippen molar-refractivity contribution in [2.45, 2.75) is 44.2 Å². The first kappa shape index (κ1) is 15.2. The lowest BCUT2D eigenvalue weighted by atomic mass is 10.0. The molecular weight excluding hydrogens is 314 g/mol. The average Bonchev–Trinajstić information content (AvgIpc) is 3.47. The molecule has 1 aromatic carbocycles. The number of halogens is 2. The van der Waals surface area contributed by atoms with Gasteiger partial charge in [-0.1, -0.05) is 5.21 Å². The maximum absolute atomic E-state index is 14.0. The van der Waals surface area contributed by atoms with Gasteiger partial charge in [-0.15, -0.1) is 5.10 Å². The van der Waals surface area contributed by atoms with Crippen molar-refractivity contribution in [2.75, 3.05) is 0 Å². The Morgan fingerprint density at radius 3 is 2.79 bits per heavy atom. The summed E-state index contributed by atoms with van der Waals surface area (Å²) < 4.78 is 29.0. The molecule has 1 aromatic heterocycles. The van der Waals surface area contributed by atoms with Crippen molar-refractivity contribution in [1.82, 2.24) is 20.3 Å². The van der Waals surface area contributed by atoms with Gasteiger partial charge in [0.05, 0.1) is 11.7 Å². The van der Waals surface area contributed by atoms with Crippen LogP contribution in [0.3, 0.4) is 0 Å². The van der Waals surface area contributed by atoms with Crippen LogP contribution < -0.4 is 5.32 Å². The average molecular weight is 332 g/mol. The van der Waals surface area contributed by atoms with Gasteiger partial charge in [0.25, 0.3) is 0 Å². The summed E-state index contributed by atoms with van der Waals surface area (Å²) in [5.74, 6) is -0.643. The van der Waals surface area contributed by atoms with Crippen LogP contribution in [0, 0.1) is 17.6 Å². The standard InChI is InChI=1S/C17H18F2N4O/c18-12-5-6-14(19)13(7-12)17(11-3-4-11)20-16(24)9-23-8-15(21-22-23)10-1-2-10/h5-8,10-11,17H,1-4,9H2,(H,20,24)/t17-/m0/s1. The molecule has 0 bridgehead atoms.